The molecule has 0 saturated carbocycles. The van der Waals surface area contributed by atoms with Crippen LogP contribution in [0.4, 0.5) is 0 Å². The summed E-state index contributed by atoms with van der Waals surface area (Å²) in [5.41, 5.74) is 7.03. The van der Waals surface area contributed by atoms with Crippen LogP contribution >= 0.6 is 0 Å². The summed E-state index contributed by atoms with van der Waals surface area (Å²) in [5, 5.41) is 0. The SMILES string of the molecule is Cc1ccccc1C1=Cc2ccccc2C1[Si]. The minimum atomic E-state index is 0.312. The van der Waals surface area contributed by atoms with Gasteiger partial charge in [-0.15, -0.1) is 0 Å². The highest BCUT2D eigenvalue weighted by atomic mass is 28.1. The van der Waals surface area contributed by atoms with E-state index in [0.29, 0.717) is 5.54 Å². The van der Waals surface area contributed by atoms with E-state index in [1.54, 1.807) is 0 Å². The van der Waals surface area contributed by atoms with E-state index in [2.05, 4.69) is 71.8 Å². The van der Waals surface area contributed by atoms with E-state index < -0.39 is 0 Å². The van der Waals surface area contributed by atoms with Gasteiger partial charge in [0, 0.05) is 10.2 Å². The van der Waals surface area contributed by atoms with Crippen LogP contribution in [0.1, 0.15) is 27.8 Å². The second-order valence-electron chi connectivity index (χ2n) is 4.48. The standard InChI is InChI=1S/C16H13Si/c1-11-6-2-4-8-13(11)15-10-12-7-3-5-9-14(12)16(15)17/h2-10,16H,1H3. The molecule has 3 radical (unpaired) electrons. The molecule has 1 unspecified atom stereocenters. The molecule has 1 heteroatoms. The summed E-state index contributed by atoms with van der Waals surface area (Å²) in [6.07, 6.45) is 2.29. The Balaban J connectivity index is 2.12. The molecule has 0 aromatic heterocycles. The fraction of sp³-hybridized carbons (Fsp3) is 0.125. The van der Waals surface area contributed by atoms with Crippen molar-refractivity contribution >= 4 is 21.9 Å². The Morgan fingerprint density at radius 1 is 0.941 bits per heavy atom. The molecule has 2 aromatic carbocycles. The average molecular weight is 233 g/mol. The summed E-state index contributed by atoms with van der Waals surface area (Å²) in [7, 11) is 3.86. The van der Waals surface area contributed by atoms with Crippen molar-refractivity contribution in [2.45, 2.75) is 12.5 Å². The van der Waals surface area contributed by atoms with Crippen LogP contribution in [0.2, 0.25) is 0 Å². The lowest BCUT2D eigenvalue weighted by Crippen LogP contribution is -1.98. The molecule has 0 spiro atoms. The van der Waals surface area contributed by atoms with Crippen LogP contribution in [0.3, 0.4) is 0 Å². The molecule has 0 amide bonds. The van der Waals surface area contributed by atoms with Crippen LogP contribution in [-0.2, 0) is 0 Å². The third-order valence-corrected chi connectivity index (χ3v) is 4.01. The van der Waals surface area contributed by atoms with Gasteiger partial charge >= 0.3 is 0 Å². The number of allylic oxidation sites excluding steroid dienone is 1. The number of rotatable bonds is 1. The van der Waals surface area contributed by atoms with E-state index in [0.717, 1.165) is 0 Å². The van der Waals surface area contributed by atoms with E-state index in [9.17, 15) is 0 Å². The Labute approximate surface area is 105 Å². The van der Waals surface area contributed by atoms with Crippen LogP contribution in [-0.4, -0.2) is 10.2 Å². The van der Waals surface area contributed by atoms with Gasteiger partial charge in [0.25, 0.3) is 0 Å². The summed E-state index contributed by atoms with van der Waals surface area (Å²) in [6, 6.07) is 17.1. The van der Waals surface area contributed by atoms with Crippen LogP contribution in [0.5, 0.6) is 0 Å². The molecule has 1 aliphatic carbocycles. The highest BCUT2D eigenvalue weighted by Crippen LogP contribution is 2.40. The Hall–Kier alpha value is -1.60. The van der Waals surface area contributed by atoms with Crippen molar-refractivity contribution in [3.8, 4) is 0 Å². The maximum absolute atomic E-state index is 3.86. The van der Waals surface area contributed by atoms with Crippen molar-refractivity contribution in [3.05, 3.63) is 70.8 Å². The molecule has 0 nitrogen and oxygen atoms in total. The number of hydrogen-bond donors (Lipinski definition) is 0. The van der Waals surface area contributed by atoms with Crippen molar-refractivity contribution in [3.63, 3.8) is 0 Å². The molecule has 1 aliphatic rings. The van der Waals surface area contributed by atoms with E-state index in [4.69, 9.17) is 0 Å². The maximum atomic E-state index is 3.86. The molecule has 0 saturated heterocycles. The van der Waals surface area contributed by atoms with Crippen LogP contribution in [0, 0.1) is 6.92 Å². The van der Waals surface area contributed by atoms with Gasteiger partial charge in [0.1, 0.15) is 0 Å². The largest absolute Gasteiger partial charge is 0.0620 e. The monoisotopic (exact) mass is 233 g/mol. The van der Waals surface area contributed by atoms with E-state index in [1.165, 1.54) is 27.8 Å². The van der Waals surface area contributed by atoms with Gasteiger partial charge in [0.15, 0.2) is 0 Å². The predicted molar refractivity (Wildman–Crippen MR) is 74.0 cm³/mol. The van der Waals surface area contributed by atoms with Crippen molar-refractivity contribution in [1.29, 1.82) is 0 Å². The second-order valence-corrected chi connectivity index (χ2v) is 5.05. The zero-order valence-corrected chi connectivity index (χ0v) is 10.8. The maximum Gasteiger partial charge on any atom is 0.0397 e. The van der Waals surface area contributed by atoms with Gasteiger partial charge in [-0.1, -0.05) is 54.6 Å². The molecule has 0 bridgehead atoms. The van der Waals surface area contributed by atoms with Gasteiger partial charge in [-0.2, -0.15) is 0 Å². The Bertz CT molecular complexity index is 596. The Morgan fingerprint density at radius 3 is 2.41 bits per heavy atom. The van der Waals surface area contributed by atoms with Gasteiger partial charge in [0.2, 0.25) is 0 Å². The highest BCUT2D eigenvalue weighted by Gasteiger charge is 2.22. The third kappa shape index (κ3) is 1.67. The molecule has 0 heterocycles. The summed E-state index contributed by atoms with van der Waals surface area (Å²) in [4.78, 5) is 0. The molecular formula is C16H13Si. The Morgan fingerprint density at radius 2 is 1.65 bits per heavy atom. The number of benzene rings is 2. The first-order valence-electron chi connectivity index (χ1n) is 5.85. The lowest BCUT2D eigenvalue weighted by Gasteiger charge is -2.13. The minimum absolute atomic E-state index is 0.312. The summed E-state index contributed by atoms with van der Waals surface area (Å²) < 4.78 is 0. The zero-order chi connectivity index (χ0) is 11.8. The lowest BCUT2D eigenvalue weighted by molar-refractivity contribution is 1.24. The molecular weight excluding hydrogens is 220 g/mol. The Kier molecular flexibility index (Phi) is 2.48. The van der Waals surface area contributed by atoms with Crippen LogP contribution < -0.4 is 0 Å². The molecule has 2 aromatic rings. The molecule has 0 N–H and O–H groups in total. The van der Waals surface area contributed by atoms with Crippen molar-refractivity contribution in [2.75, 3.05) is 0 Å². The molecule has 0 fully saturated rings. The first-order valence-corrected chi connectivity index (χ1v) is 6.43. The predicted octanol–water partition coefficient (Wildman–Crippen LogP) is 3.76. The van der Waals surface area contributed by atoms with Gasteiger partial charge in [0.05, 0.1) is 0 Å². The second kappa shape index (κ2) is 4.01. The molecule has 3 rings (SSSR count). The molecule has 17 heavy (non-hydrogen) atoms. The zero-order valence-electron chi connectivity index (χ0n) is 9.77. The van der Waals surface area contributed by atoms with E-state index in [1.807, 2.05) is 0 Å². The average Bonchev–Trinajstić information content (AvgIpc) is 2.68. The smallest absolute Gasteiger partial charge is 0.0397 e. The van der Waals surface area contributed by atoms with Gasteiger partial charge in [-0.3, -0.25) is 0 Å². The van der Waals surface area contributed by atoms with Gasteiger partial charge in [-0.25, -0.2) is 0 Å². The molecule has 0 aliphatic heterocycles. The lowest BCUT2D eigenvalue weighted by atomic mass is 9.98. The summed E-state index contributed by atoms with van der Waals surface area (Å²) in [6.45, 7) is 2.16. The van der Waals surface area contributed by atoms with Crippen molar-refractivity contribution < 1.29 is 0 Å². The first-order chi connectivity index (χ1) is 8.27. The highest BCUT2D eigenvalue weighted by molar-refractivity contribution is 6.23. The molecule has 81 valence electrons. The van der Waals surface area contributed by atoms with Gasteiger partial charge < -0.3 is 0 Å². The van der Waals surface area contributed by atoms with Crippen molar-refractivity contribution in [2.24, 2.45) is 0 Å². The third-order valence-electron chi connectivity index (χ3n) is 3.39. The fourth-order valence-electron chi connectivity index (χ4n) is 2.45. The quantitative estimate of drug-likeness (QED) is 0.658. The topological polar surface area (TPSA) is 0 Å². The number of aryl methyl sites for hydroxylation is 1. The number of fused-ring (bicyclic) bond motifs is 1. The number of hydrogen-bond acceptors (Lipinski definition) is 0. The van der Waals surface area contributed by atoms with Crippen molar-refractivity contribution in [1.82, 2.24) is 0 Å². The normalized spacial score (nSPS) is 17.8. The minimum Gasteiger partial charge on any atom is -0.0620 e. The first kappa shape index (κ1) is 10.5. The van der Waals surface area contributed by atoms with Crippen LogP contribution in [0.15, 0.2) is 48.5 Å². The van der Waals surface area contributed by atoms with E-state index >= 15 is 0 Å². The molecule has 1 atom stereocenters. The van der Waals surface area contributed by atoms with Crippen LogP contribution in [0.25, 0.3) is 11.6 Å². The summed E-state index contributed by atoms with van der Waals surface area (Å²) >= 11 is 0. The van der Waals surface area contributed by atoms with Gasteiger partial charge in [-0.05, 0) is 40.3 Å². The van der Waals surface area contributed by atoms with E-state index in [-0.39, 0.29) is 0 Å². The fourth-order valence-corrected chi connectivity index (χ4v) is 2.96. The summed E-state index contributed by atoms with van der Waals surface area (Å²) in [5.74, 6) is 0.